The van der Waals surface area contributed by atoms with E-state index in [9.17, 15) is 14.9 Å². The van der Waals surface area contributed by atoms with Gasteiger partial charge in [-0.15, -0.1) is 0 Å². The first kappa shape index (κ1) is 20.4. The van der Waals surface area contributed by atoms with Crippen LogP contribution in [0, 0.1) is 11.3 Å². The molecule has 0 amide bonds. The summed E-state index contributed by atoms with van der Waals surface area (Å²) in [6.07, 6.45) is 0. The lowest BCUT2D eigenvalue weighted by Crippen LogP contribution is -2.39. The number of halogens is 1. The number of hydrogen-bond acceptors (Lipinski definition) is 7. The van der Waals surface area contributed by atoms with Gasteiger partial charge >= 0.3 is 11.9 Å². The maximum Gasteiger partial charge on any atom is 0.355 e. The Kier molecular flexibility index (Phi) is 6.17. The van der Waals surface area contributed by atoms with Crippen LogP contribution in [-0.2, 0) is 23.8 Å². The van der Waals surface area contributed by atoms with Gasteiger partial charge in [-0.25, -0.2) is 9.59 Å². The first-order valence-corrected chi connectivity index (χ1v) is 8.93. The van der Waals surface area contributed by atoms with E-state index in [1.54, 1.807) is 30.3 Å². The maximum absolute atomic E-state index is 12.4. The van der Waals surface area contributed by atoms with Gasteiger partial charge in [0, 0.05) is 5.02 Å². The molecular formula is C21H17ClN2O5. The number of nitriles is 1. The molecule has 0 N–H and O–H groups in total. The highest BCUT2D eigenvalue weighted by Crippen LogP contribution is 2.32. The summed E-state index contributed by atoms with van der Waals surface area (Å²) in [6.45, 7) is -0.127. The van der Waals surface area contributed by atoms with Crippen molar-refractivity contribution in [1.29, 1.82) is 5.26 Å². The Hall–Kier alpha value is -3.34. The fourth-order valence-corrected chi connectivity index (χ4v) is 3.14. The van der Waals surface area contributed by atoms with Crippen LogP contribution in [0.1, 0.15) is 5.56 Å². The standard InChI is InChI=1S/C21H17ClN2O5/c1-27-20(25)17-11-29-12-24(19(17)21(26)28-2)18-8-5-14(9-15(18)10-23)13-3-6-16(22)7-4-13/h3-9H,11-12H2,1-2H3. The van der Waals surface area contributed by atoms with Gasteiger partial charge in [0.15, 0.2) is 0 Å². The van der Waals surface area contributed by atoms with E-state index in [4.69, 9.17) is 25.8 Å². The van der Waals surface area contributed by atoms with Crippen molar-refractivity contribution in [1.82, 2.24) is 0 Å². The lowest BCUT2D eigenvalue weighted by Gasteiger charge is -2.31. The van der Waals surface area contributed by atoms with E-state index in [1.165, 1.54) is 19.1 Å². The predicted octanol–water partition coefficient (Wildman–Crippen LogP) is 3.27. The van der Waals surface area contributed by atoms with Crippen molar-refractivity contribution in [2.45, 2.75) is 0 Å². The van der Waals surface area contributed by atoms with Gasteiger partial charge in [-0.3, -0.25) is 0 Å². The molecule has 2 aromatic carbocycles. The smallest absolute Gasteiger partial charge is 0.355 e. The van der Waals surface area contributed by atoms with Crippen molar-refractivity contribution < 1.29 is 23.8 Å². The van der Waals surface area contributed by atoms with Crippen LogP contribution in [0.4, 0.5) is 5.69 Å². The number of ether oxygens (including phenoxy) is 3. The van der Waals surface area contributed by atoms with Gasteiger partial charge in [-0.2, -0.15) is 5.26 Å². The third-order valence-electron chi connectivity index (χ3n) is 4.42. The van der Waals surface area contributed by atoms with Crippen LogP contribution < -0.4 is 4.90 Å². The molecule has 148 valence electrons. The number of benzene rings is 2. The van der Waals surface area contributed by atoms with E-state index < -0.39 is 11.9 Å². The zero-order chi connectivity index (χ0) is 21.0. The van der Waals surface area contributed by atoms with Crippen molar-refractivity contribution >= 4 is 29.2 Å². The van der Waals surface area contributed by atoms with Crippen LogP contribution in [-0.4, -0.2) is 39.5 Å². The average Bonchev–Trinajstić information content (AvgIpc) is 2.77. The lowest BCUT2D eigenvalue weighted by molar-refractivity contribution is -0.140. The van der Waals surface area contributed by atoms with Crippen molar-refractivity contribution in [2.24, 2.45) is 0 Å². The number of hydrogen-bond donors (Lipinski definition) is 0. The second kappa shape index (κ2) is 8.78. The monoisotopic (exact) mass is 412 g/mol. The van der Waals surface area contributed by atoms with Crippen molar-refractivity contribution in [3.05, 3.63) is 64.3 Å². The number of anilines is 1. The van der Waals surface area contributed by atoms with E-state index >= 15 is 0 Å². The molecule has 0 aliphatic carbocycles. The first-order chi connectivity index (χ1) is 14.0. The summed E-state index contributed by atoms with van der Waals surface area (Å²) in [5, 5.41) is 10.3. The number of nitrogens with zero attached hydrogens (tertiary/aromatic N) is 2. The lowest BCUT2D eigenvalue weighted by atomic mass is 10.0. The molecule has 0 fully saturated rings. The molecule has 7 nitrogen and oxygen atoms in total. The molecule has 29 heavy (non-hydrogen) atoms. The molecule has 8 heteroatoms. The second-order valence-corrected chi connectivity index (χ2v) is 6.50. The molecule has 0 saturated carbocycles. The first-order valence-electron chi connectivity index (χ1n) is 8.55. The molecule has 3 rings (SSSR count). The number of rotatable bonds is 4. The SMILES string of the molecule is COC(=O)C1=C(C(=O)OC)N(c2ccc(-c3ccc(Cl)cc3)cc2C#N)COC1. The molecule has 0 saturated heterocycles. The maximum atomic E-state index is 12.4. The Morgan fingerprint density at radius 3 is 2.34 bits per heavy atom. The molecule has 2 aromatic rings. The van der Waals surface area contributed by atoms with E-state index in [1.807, 2.05) is 12.1 Å². The minimum absolute atomic E-state index is 0.0126. The fraction of sp³-hybridized carbons (Fsp3) is 0.190. The summed E-state index contributed by atoms with van der Waals surface area (Å²) in [6, 6.07) is 14.5. The van der Waals surface area contributed by atoms with Crippen molar-refractivity contribution in [2.75, 3.05) is 32.5 Å². The van der Waals surface area contributed by atoms with Crippen LogP contribution >= 0.6 is 11.6 Å². The van der Waals surface area contributed by atoms with Gasteiger partial charge in [0.25, 0.3) is 0 Å². The number of carbonyl (C=O) groups is 2. The summed E-state index contributed by atoms with van der Waals surface area (Å²) in [5.41, 5.74) is 2.40. The third-order valence-corrected chi connectivity index (χ3v) is 4.67. The predicted molar refractivity (Wildman–Crippen MR) is 106 cm³/mol. The Balaban J connectivity index is 2.10. The molecule has 0 radical (unpaired) electrons. The number of methoxy groups -OCH3 is 2. The quantitative estimate of drug-likeness (QED) is 0.712. The Labute approximate surface area is 172 Å². The highest BCUT2D eigenvalue weighted by molar-refractivity contribution is 6.30. The fourth-order valence-electron chi connectivity index (χ4n) is 3.02. The third kappa shape index (κ3) is 4.09. The zero-order valence-corrected chi connectivity index (χ0v) is 16.5. The molecule has 1 aliphatic rings. The Morgan fingerprint density at radius 2 is 1.72 bits per heavy atom. The van der Waals surface area contributed by atoms with Crippen LogP contribution in [0.3, 0.4) is 0 Å². The summed E-state index contributed by atoms with van der Waals surface area (Å²) >= 11 is 5.94. The van der Waals surface area contributed by atoms with Crippen molar-refractivity contribution in [3.63, 3.8) is 0 Å². The van der Waals surface area contributed by atoms with Gasteiger partial charge in [0.05, 0.1) is 37.7 Å². The van der Waals surface area contributed by atoms with E-state index in [2.05, 4.69) is 6.07 Å². The zero-order valence-electron chi connectivity index (χ0n) is 15.8. The molecule has 0 aromatic heterocycles. The van der Waals surface area contributed by atoms with Crippen molar-refractivity contribution in [3.8, 4) is 17.2 Å². The molecular weight excluding hydrogens is 396 g/mol. The topological polar surface area (TPSA) is 88.9 Å². The van der Waals surface area contributed by atoms with E-state index in [0.29, 0.717) is 16.3 Å². The minimum Gasteiger partial charge on any atom is -0.466 e. The summed E-state index contributed by atoms with van der Waals surface area (Å²) in [7, 11) is 2.43. The van der Waals surface area contributed by atoms with Crippen LogP contribution in [0.15, 0.2) is 53.7 Å². The second-order valence-electron chi connectivity index (χ2n) is 6.07. The summed E-state index contributed by atoms with van der Waals surface area (Å²) in [5.74, 6) is -1.43. The molecule has 0 atom stereocenters. The summed E-state index contributed by atoms with van der Waals surface area (Å²) in [4.78, 5) is 26.0. The van der Waals surface area contributed by atoms with Gasteiger partial charge in [0.1, 0.15) is 18.5 Å². The van der Waals surface area contributed by atoms with Crippen LogP contribution in [0.2, 0.25) is 5.02 Å². The van der Waals surface area contributed by atoms with E-state index in [0.717, 1.165) is 11.1 Å². The van der Waals surface area contributed by atoms with Gasteiger partial charge < -0.3 is 19.1 Å². The normalized spacial score (nSPS) is 13.7. The molecule has 1 heterocycles. The molecule has 1 aliphatic heterocycles. The largest absolute Gasteiger partial charge is 0.466 e. The van der Waals surface area contributed by atoms with E-state index in [-0.39, 0.29) is 24.6 Å². The van der Waals surface area contributed by atoms with Crippen LogP contribution in [0.25, 0.3) is 11.1 Å². The molecule has 0 bridgehead atoms. The number of carbonyl (C=O) groups excluding carboxylic acids is 2. The highest BCUT2D eigenvalue weighted by Gasteiger charge is 2.33. The molecule has 0 unspecified atom stereocenters. The van der Waals surface area contributed by atoms with Gasteiger partial charge in [-0.05, 0) is 35.4 Å². The summed E-state index contributed by atoms with van der Waals surface area (Å²) < 4.78 is 15.1. The number of esters is 2. The van der Waals surface area contributed by atoms with Gasteiger partial charge in [0.2, 0.25) is 0 Å². The average molecular weight is 413 g/mol. The Morgan fingerprint density at radius 1 is 1.07 bits per heavy atom. The highest BCUT2D eigenvalue weighted by atomic mass is 35.5. The minimum atomic E-state index is -0.723. The van der Waals surface area contributed by atoms with Crippen LogP contribution in [0.5, 0.6) is 0 Å². The Bertz CT molecular complexity index is 1020. The van der Waals surface area contributed by atoms with Gasteiger partial charge in [-0.1, -0.05) is 29.8 Å². The molecule has 0 spiro atoms.